The van der Waals surface area contributed by atoms with Crippen LogP contribution in [0.5, 0.6) is 5.75 Å². The maximum Gasteiger partial charge on any atom is 0.414 e. The summed E-state index contributed by atoms with van der Waals surface area (Å²) in [6.45, 7) is 2.68. The first-order valence-corrected chi connectivity index (χ1v) is 7.11. The van der Waals surface area contributed by atoms with Gasteiger partial charge in [-0.05, 0) is 50.2 Å². The van der Waals surface area contributed by atoms with E-state index in [1.807, 2.05) is 24.3 Å². The molecule has 1 aromatic rings. The van der Waals surface area contributed by atoms with Crippen molar-refractivity contribution < 1.29 is 14.3 Å². The van der Waals surface area contributed by atoms with Crippen LogP contribution in [0.4, 0.5) is 10.5 Å². The average molecular weight is 276 g/mol. The third kappa shape index (κ3) is 2.58. The molecule has 1 amide bonds. The highest BCUT2D eigenvalue weighted by molar-refractivity contribution is 5.89. The number of methoxy groups -OCH3 is 1. The Labute approximate surface area is 118 Å². The van der Waals surface area contributed by atoms with Crippen molar-refractivity contribution in [2.75, 3.05) is 31.6 Å². The van der Waals surface area contributed by atoms with Crippen molar-refractivity contribution in [3.63, 3.8) is 0 Å². The van der Waals surface area contributed by atoms with E-state index in [9.17, 15) is 4.79 Å². The first kappa shape index (κ1) is 13.2. The summed E-state index contributed by atoms with van der Waals surface area (Å²) in [5, 5.41) is 3.34. The third-order valence-electron chi connectivity index (χ3n) is 4.13. The Morgan fingerprint density at radius 2 is 1.95 bits per heavy atom. The van der Waals surface area contributed by atoms with Gasteiger partial charge >= 0.3 is 6.09 Å². The molecule has 2 heterocycles. The van der Waals surface area contributed by atoms with Gasteiger partial charge in [0.25, 0.3) is 0 Å². The Bertz CT molecular complexity index is 469. The lowest BCUT2D eigenvalue weighted by atomic mass is 9.92. The lowest BCUT2D eigenvalue weighted by Gasteiger charge is -2.26. The highest BCUT2D eigenvalue weighted by Crippen LogP contribution is 2.29. The van der Waals surface area contributed by atoms with Gasteiger partial charge in [-0.2, -0.15) is 0 Å². The first-order chi connectivity index (χ1) is 9.78. The van der Waals surface area contributed by atoms with E-state index < -0.39 is 0 Å². The van der Waals surface area contributed by atoms with Gasteiger partial charge in [0, 0.05) is 11.6 Å². The van der Waals surface area contributed by atoms with E-state index >= 15 is 0 Å². The van der Waals surface area contributed by atoms with Crippen molar-refractivity contribution in [2.45, 2.75) is 18.9 Å². The molecule has 108 valence electrons. The fourth-order valence-corrected chi connectivity index (χ4v) is 2.92. The molecule has 0 spiro atoms. The van der Waals surface area contributed by atoms with Crippen LogP contribution in [-0.4, -0.2) is 38.9 Å². The van der Waals surface area contributed by atoms with Gasteiger partial charge in [-0.15, -0.1) is 0 Å². The summed E-state index contributed by atoms with van der Waals surface area (Å²) in [5.41, 5.74) is 0.868. The molecule has 1 unspecified atom stereocenters. The Kier molecular flexibility index (Phi) is 3.78. The van der Waals surface area contributed by atoms with E-state index in [0.717, 1.165) is 37.4 Å². The van der Waals surface area contributed by atoms with E-state index in [4.69, 9.17) is 9.47 Å². The third-order valence-corrected chi connectivity index (χ3v) is 4.13. The fraction of sp³-hybridized carbons (Fsp3) is 0.533. The standard InChI is InChI=1S/C15H20N2O3/c1-19-13-4-2-12(3-5-13)17-10-14(20-15(17)18)11-6-8-16-9-7-11/h2-5,11,14,16H,6-10H2,1H3. The van der Waals surface area contributed by atoms with Crippen molar-refractivity contribution in [1.29, 1.82) is 0 Å². The molecule has 2 fully saturated rings. The average Bonchev–Trinajstić information content (AvgIpc) is 2.90. The summed E-state index contributed by atoms with van der Waals surface area (Å²) < 4.78 is 10.7. The zero-order valence-electron chi connectivity index (χ0n) is 11.7. The molecule has 2 saturated heterocycles. The van der Waals surface area contributed by atoms with Gasteiger partial charge < -0.3 is 14.8 Å². The number of anilines is 1. The number of hydrogen-bond acceptors (Lipinski definition) is 4. The Morgan fingerprint density at radius 3 is 2.60 bits per heavy atom. The number of cyclic esters (lactones) is 1. The van der Waals surface area contributed by atoms with Gasteiger partial charge in [0.2, 0.25) is 0 Å². The minimum absolute atomic E-state index is 0.0201. The van der Waals surface area contributed by atoms with Gasteiger partial charge in [-0.25, -0.2) is 4.79 Å². The molecule has 2 aliphatic heterocycles. The Morgan fingerprint density at radius 1 is 1.25 bits per heavy atom. The van der Waals surface area contributed by atoms with Crippen LogP contribution in [0, 0.1) is 5.92 Å². The quantitative estimate of drug-likeness (QED) is 0.917. The summed E-state index contributed by atoms with van der Waals surface area (Å²) in [4.78, 5) is 13.8. The maximum absolute atomic E-state index is 12.0. The van der Waals surface area contributed by atoms with E-state index in [-0.39, 0.29) is 12.2 Å². The first-order valence-electron chi connectivity index (χ1n) is 7.11. The van der Waals surface area contributed by atoms with Crippen LogP contribution in [0.15, 0.2) is 24.3 Å². The number of rotatable bonds is 3. The second-order valence-corrected chi connectivity index (χ2v) is 5.32. The highest BCUT2D eigenvalue weighted by Gasteiger charge is 2.37. The van der Waals surface area contributed by atoms with E-state index in [0.29, 0.717) is 12.5 Å². The van der Waals surface area contributed by atoms with Gasteiger partial charge in [0.05, 0.1) is 13.7 Å². The molecule has 5 heteroatoms. The molecular formula is C15H20N2O3. The molecule has 0 aliphatic carbocycles. The lowest BCUT2D eigenvalue weighted by Crippen LogP contribution is -2.36. The maximum atomic E-state index is 12.0. The second kappa shape index (κ2) is 5.71. The van der Waals surface area contributed by atoms with E-state index in [1.165, 1.54) is 0 Å². The Hall–Kier alpha value is -1.75. The monoisotopic (exact) mass is 276 g/mol. The van der Waals surface area contributed by atoms with Crippen molar-refractivity contribution in [3.05, 3.63) is 24.3 Å². The number of carbonyl (C=O) groups excluding carboxylic acids is 1. The number of nitrogens with zero attached hydrogens (tertiary/aromatic N) is 1. The van der Waals surface area contributed by atoms with Gasteiger partial charge in [0.15, 0.2) is 0 Å². The highest BCUT2D eigenvalue weighted by atomic mass is 16.6. The number of nitrogens with one attached hydrogen (secondary N) is 1. The molecule has 0 saturated carbocycles. The van der Waals surface area contributed by atoms with Crippen LogP contribution in [-0.2, 0) is 4.74 Å². The molecule has 20 heavy (non-hydrogen) atoms. The molecule has 0 bridgehead atoms. The van der Waals surface area contributed by atoms with Crippen molar-refractivity contribution in [3.8, 4) is 5.75 Å². The SMILES string of the molecule is COc1ccc(N2CC(C3CCNCC3)OC2=O)cc1. The van der Waals surface area contributed by atoms with Gasteiger partial charge in [-0.1, -0.05) is 0 Å². The number of hydrogen-bond donors (Lipinski definition) is 1. The summed E-state index contributed by atoms with van der Waals surface area (Å²) in [5.74, 6) is 1.26. The van der Waals surface area contributed by atoms with E-state index in [2.05, 4.69) is 5.32 Å². The molecule has 1 aromatic carbocycles. The smallest absolute Gasteiger partial charge is 0.414 e. The van der Waals surface area contributed by atoms with Gasteiger partial charge in [-0.3, -0.25) is 4.90 Å². The predicted molar refractivity (Wildman–Crippen MR) is 76.2 cm³/mol. The van der Waals surface area contributed by atoms with Crippen LogP contribution in [0.25, 0.3) is 0 Å². The lowest BCUT2D eigenvalue weighted by molar-refractivity contribution is 0.0919. The summed E-state index contributed by atoms with van der Waals surface area (Å²) >= 11 is 0. The molecule has 2 aliphatic rings. The molecule has 1 N–H and O–H groups in total. The van der Waals surface area contributed by atoms with Crippen LogP contribution < -0.4 is 15.0 Å². The summed E-state index contributed by atoms with van der Waals surface area (Å²) in [7, 11) is 1.63. The van der Waals surface area contributed by atoms with Crippen LogP contribution >= 0.6 is 0 Å². The number of carbonyl (C=O) groups is 1. The summed E-state index contributed by atoms with van der Waals surface area (Å²) in [6.07, 6.45) is 1.94. The second-order valence-electron chi connectivity index (χ2n) is 5.32. The van der Waals surface area contributed by atoms with Crippen molar-refractivity contribution >= 4 is 11.8 Å². The predicted octanol–water partition coefficient (Wildman–Crippen LogP) is 2.02. The van der Waals surface area contributed by atoms with Crippen molar-refractivity contribution in [1.82, 2.24) is 5.32 Å². The molecule has 3 rings (SSSR count). The van der Waals surface area contributed by atoms with Crippen molar-refractivity contribution in [2.24, 2.45) is 5.92 Å². The minimum atomic E-state index is -0.237. The number of ether oxygens (including phenoxy) is 2. The van der Waals surface area contributed by atoms with Crippen LogP contribution in [0.1, 0.15) is 12.8 Å². The number of amides is 1. The number of piperidine rings is 1. The van der Waals surface area contributed by atoms with E-state index in [1.54, 1.807) is 12.0 Å². The number of benzene rings is 1. The topological polar surface area (TPSA) is 50.8 Å². The molecule has 0 radical (unpaired) electrons. The van der Waals surface area contributed by atoms with Crippen LogP contribution in [0.2, 0.25) is 0 Å². The zero-order chi connectivity index (χ0) is 13.9. The fourth-order valence-electron chi connectivity index (χ4n) is 2.92. The molecule has 1 atom stereocenters. The zero-order valence-corrected chi connectivity index (χ0v) is 11.7. The summed E-state index contributed by atoms with van der Waals surface area (Å²) in [6, 6.07) is 7.51. The minimum Gasteiger partial charge on any atom is -0.497 e. The Balaban J connectivity index is 1.69. The van der Waals surface area contributed by atoms with Gasteiger partial charge in [0.1, 0.15) is 11.9 Å². The normalized spacial score (nSPS) is 23.8. The molecular weight excluding hydrogens is 256 g/mol. The van der Waals surface area contributed by atoms with Crippen LogP contribution in [0.3, 0.4) is 0 Å². The molecule has 0 aromatic heterocycles. The largest absolute Gasteiger partial charge is 0.497 e. The molecule has 5 nitrogen and oxygen atoms in total.